The lowest BCUT2D eigenvalue weighted by atomic mass is 10.1. The summed E-state index contributed by atoms with van der Waals surface area (Å²) in [6, 6.07) is 6.67. The Morgan fingerprint density at radius 3 is 2.24 bits per heavy atom. The second kappa shape index (κ2) is 10.9. The van der Waals surface area contributed by atoms with Crippen LogP contribution in [0.4, 0.5) is 28.8 Å². The fourth-order valence-corrected chi connectivity index (χ4v) is 2.89. The number of nitrogens with one attached hydrogen (secondary N) is 2. The van der Waals surface area contributed by atoms with Gasteiger partial charge in [-0.15, -0.1) is 12.4 Å². The average Bonchev–Trinajstić information content (AvgIpc) is 2.79. The van der Waals surface area contributed by atoms with Gasteiger partial charge in [-0.2, -0.15) is 4.98 Å². The first-order valence-electron chi connectivity index (χ1n) is 9.19. The predicted octanol–water partition coefficient (Wildman–Crippen LogP) is 3.72. The summed E-state index contributed by atoms with van der Waals surface area (Å²) in [5, 5.41) is 35.9. The number of methoxy groups -OCH3 is 3. The van der Waals surface area contributed by atoms with Crippen LogP contribution in [0.3, 0.4) is 0 Å². The zero-order chi connectivity index (χ0) is 24.1. The highest BCUT2D eigenvalue weighted by atomic mass is 35.5. The Hall–Kier alpha value is -4.52. The summed E-state index contributed by atoms with van der Waals surface area (Å²) in [5.41, 5.74) is -0.377. The van der Waals surface area contributed by atoms with Crippen molar-refractivity contribution in [1.29, 1.82) is 0 Å². The molecule has 0 amide bonds. The minimum absolute atomic E-state index is 0. The molecule has 0 bridgehead atoms. The Bertz CT molecular complexity index is 1200. The van der Waals surface area contributed by atoms with Gasteiger partial charge in [0.2, 0.25) is 17.5 Å². The molecule has 14 heteroatoms. The van der Waals surface area contributed by atoms with Gasteiger partial charge in [-0.1, -0.05) is 0 Å². The second-order valence-electron chi connectivity index (χ2n) is 6.38. The van der Waals surface area contributed by atoms with Gasteiger partial charge in [0.25, 0.3) is 0 Å². The van der Waals surface area contributed by atoms with Gasteiger partial charge in [0, 0.05) is 17.8 Å². The topological polar surface area (TPSA) is 178 Å². The number of carbonyl (C=O) groups is 1. The van der Waals surface area contributed by atoms with Crippen LogP contribution in [-0.2, 0) is 0 Å². The maximum atomic E-state index is 11.5. The molecule has 0 aliphatic heterocycles. The van der Waals surface area contributed by atoms with Crippen molar-refractivity contribution in [2.45, 2.75) is 0 Å². The molecule has 1 heterocycles. The van der Waals surface area contributed by atoms with E-state index in [9.17, 15) is 25.1 Å². The summed E-state index contributed by atoms with van der Waals surface area (Å²) >= 11 is 0. The first-order valence-corrected chi connectivity index (χ1v) is 9.19. The number of anilines is 4. The number of aromatic carboxylic acids is 1. The van der Waals surface area contributed by atoms with Crippen molar-refractivity contribution in [3.05, 3.63) is 52.2 Å². The molecule has 3 rings (SSSR count). The van der Waals surface area contributed by atoms with E-state index >= 15 is 0 Å². The molecule has 0 saturated heterocycles. The summed E-state index contributed by atoms with van der Waals surface area (Å²) < 4.78 is 15.9. The van der Waals surface area contributed by atoms with Gasteiger partial charge in [0.15, 0.2) is 11.5 Å². The SMILES string of the molecule is COc1cc(Nc2ncc([N+](=O)[O-])c(Nc3ccc(O)cc3C(=O)O)n2)cc(OC)c1OC.Cl. The molecule has 1 aromatic heterocycles. The summed E-state index contributed by atoms with van der Waals surface area (Å²) in [6.07, 6.45) is 0.969. The number of benzene rings is 2. The standard InChI is InChI=1S/C20H19N5O8.ClH/c1-31-15-6-10(7-16(32-2)17(15)33-3)22-20-21-9-14(25(29)30)18(24-20)23-13-5-4-11(26)8-12(13)19(27)28;/h4-9,26H,1-3H3,(H,27,28)(H2,21,22,23,24);1H. The normalized spacial score (nSPS) is 9.97. The van der Waals surface area contributed by atoms with E-state index < -0.39 is 16.6 Å². The summed E-state index contributed by atoms with van der Waals surface area (Å²) in [5.74, 6) is -0.845. The number of aromatic hydroxyl groups is 1. The van der Waals surface area contributed by atoms with Crippen LogP contribution in [-0.4, -0.2) is 52.4 Å². The molecular formula is C20H20ClN5O8. The van der Waals surface area contributed by atoms with Crippen molar-refractivity contribution < 1.29 is 34.1 Å². The molecule has 0 radical (unpaired) electrons. The number of rotatable bonds is 9. The highest BCUT2D eigenvalue weighted by molar-refractivity contribution is 5.96. The first kappa shape index (κ1) is 25.7. The zero-order valence-electron chi connectivity index (χ0n) is 18.1. The van der Waals surface area contributed by atoms with E-state index in [2.05, 4.69) is 20.6 Å². The molecule has 0 fully saturated rings. The average molecular weight is 494 g/mol. The molecule has 0 unspecified atom stereocenters. The smallest absolute Gasteiger partial charge is 0.337 e. The third-order valence-corrected chi connectivity index (χ3v) is 4.37. The van der Waals surface area contributed by atoms with Crippen LogP contribution in [0.1, 0.15) is 10.4 Å². The summed E-state index contributed by atoms with van der Waals surface area (Å²) in [6.45, 7) is 0. The molecule has 0 atom stereocenters. The zero-order valence-corrected chi connectivity index (χ0v) is 18.9. The number of hydrogen-bond donors (Lipinski definition) is 4. The minimum atomic E-state index is -1.35. The van der Waals surface area contributed by atoms with Crippen molar-refractivity contribution >= 4 is 47.2 Å². The van der Waals surface area contributed by atoms with Gasteiger partial charge in [-0.3, -0.25) is 10.1 Å². The largest absolute Gasteiger partial charge is 0.508 e. The van der Waals surface area contributed by atoms with Gasteiger partial charge in [-0.25, -0.2) is 9.78 Å². The Kier molecular flexibility index (Phi) is 8.23. The Balaban J connectivity index is 0.00000408. The molecule has 2 aromatic carbocycles. The van der Waals surface area contributed by atoms with Gasteiger partial charge < -0.3 is 35.1 Å². The van der Waals surface area contributed by atoms with Crippen molar-refractivity contribution in [2.24, 2.45) is 0 Å². The van der Waals surface area contributed by atoms with Crippen LogP contribution >= 0.6 is 12.4 Å². The monoisotopic (exact) mass is 493 g/mol. The molecule has 0 aliphatic rings. The van der Waals surface area contributed by atoms with Crippen LogP contribution in [0.25, 0.3) is 0 Å². The van der Waals surface area contributed by atoms with E-state index in [1.165, 1.54) is 33.5 Å². The molecule has 34 heavy (non-hydrogen) atoms. The molecular weight excluding hydrogens is 474 g/mol. The maximum absolute atomic E-state index is 11.5. The van der Waals surface area contributed by atoms with E-state index in [0.717, 1.165) is 12.3 Å². The van der Waals surface area contributed by atoms with Crippen LogP contribution < -0.4 is 24.8 Å². The molecule has 0 aliphatic carbocycles. The summed E-state index contributed by atoms with van der Waals surface area (Å²) in [4.78, 5) is 30.3. The molecule has 180 valence electrons. The summed E-state index contributed by atoms with van der Waals surface area (Å²) in [7, 11) is 4.35. The number of phenolic OH excluding ortho intramolecular Hbond substituents is 1. The maximum Gasteiger partial charge on any atom is 0.337 e. The van der Waals surface area contributed by atoms with Crippen LogP contribution in [0, 0.1) is 10.1 Å². The Morgan fingerprint density at radius 2 is 1.71 bits per heavy atom. The van der Waals surface area contributed by atoms with E-state index in [0.29, 0.717) is 22.9 Å². The lowest BCUT2D eigenvalue weighted by molar-refractivity contribution is -0.384. The van der Waals surface area contributed by atoms with Crippen molar-refractivity contribution in [2.75, 3.05) is 32.0 Å². The van der Waals surface area contributed by atoms with Gasteiger partial charge in [0.05, 0.1) is 37.5 Å². The number of aromatic nitrogens is 2. The van der Waals surface area contributed by atoms with Crippen molar-refractivity contribution in [3.8, 4) is 23.0 Å². The fraction of sp³-hybridized carbons (Fsp3) is 0.150. The number of nitro groups is 1. The quantitative estimate of drug-likeness (QED) is 0.193. The molecule has 0 saturated carbocycles. The Morgan fingerprint density at radius 1 is 1.06 bits per heavy atom. The lowest BCUT2D eigenvalue weighted by Crippen LogP contribution is -2.07. The number of nitrogens with zero attached hydrogens (tertiary/aromatic N) is 3. The van der Waals surface area contributed by atoms with E-state index in [4.69, 9.17) is 14.2 Å². The number of ether oxygens (including phenoxy) is 3. The number of halogens is 1. The third-order valence-electron chi connectivity index (χ3n) is 4.37. The van der Waals surface area contributed by atoms with Crippen LogP contribution in [0.2, 0.25) is 0 Å². The van der Waals surface area contributed by atoms with Crippen molar-refractivity contribution in [1.82, 2.24) is 9.97 Å². The number of carboxylic acids is 1. The van der Waals surface area contributed by atoms with Gasteiger partial charge in [0.1, 0.15) is 11.9 Å². The molecule has 3 aromatic rings. The first-order chi connectivity index (χ1) is 15.8. The fourth-order valence-electron chi connectivity index (χ4n) is 2.89. The molecule has 4 N–H and O–H groups in total. The van der Waals surface area contributed by atoms with E-state index in [-0.39, 0.29) is 41.2 Å². The van der Waals surface area contributed by atoms with E-state index in [1.807, 2.05) is 0 Å². The third kappa shape index (κ3) is 5.45. The molecule has 0 spiro atoms. The highest BCUT2D eigenvalue weighted by Crippen LogP contribution is 2.40. The highest BCUT2D eigenvalue weighted by Gasteiger charge is 2.21. The van der Waals surface area contributed by atoms with E-state index in [1.54, 1.807) is 12.1 Å². The second-order valence-corrected chi connectivity index (χ2v) is 6.38. The minimum Gasteiger partial charge on any atom is -0.508 e. The number of hydrogen-bond acceptors (Lipinski definition) is 11. The number of phenols is 1. The van der Waals surface area contributed by atoms with Crippen molar-refractivity contribution in [3.63, 3.8) is 0 Å². The predicted molar refractivity (Wildman–Crippen MR) is 124 cm³/mol. The van der Waals surface area contributed by atoms with Gasteiger partial charge in [-0.05, 0) is 18.2 Å². The number of carboxylic acid groups (broad SMARTS) is 1. The Labute approximate surface area is 198 Å². The van der Waals surface area contributed by atoms with Crippen LogP contribution in [0.5, 0.6) is 23.0 Å². The lowest BCUT2D eigenvalue weighted by Gasteiger charge is -2.15. The van der Waals surface area contributed by atoms with Crippen LogP contribution in [0.15, 0.2) is 36.5 Å². The molecule has 13 nitrogen and oxygen atoms in total. The van der Waals surface area contributed by atoms with Gasteiger partial charge >= 0.3 is 11.7 Å².